The van der Waals surface area contributed by atoms with Gasteiger partial charge in [-0.05, 0) is 6.07 Å². The molecule has 0 aromatic carbocycles. The van der Waals surface area contributed by atoms with Gasteiger partial charge >= 0.3 is 6.18 Å². The first-order valence-corrected chi connectivity index (χ1v) is 13.5. The molecule has 0 atom stereocenters. The number of nitrogens with two attached hydrogens (primary N) is 1. The summed E-state index contributed by atoms with van der Waals surface area (Å²) in [6.45, 7) is 3.47. The summed E-state index contributed by atoms with van der Waals surface area (Å²) in [6, 6.07) is 0.731. The first-order valence-electron chi connectivity index (χ1n) is 13.5. The second kappa shape index (κ2) is 15.7. The lowest BCUT2D eigenvalue weighted by atomic mass is 10.1. The van der Waals surface area contributed by atoms with Crippen LogP contribution in [-0.2, 0) is 39.4 Å². The van der Waals surface area contributed by atoms with Crippen LogP contribution in [0.4, 0.5) is 30.9 Å². The minimum absolute atomic E-state index is 0.0414. The second-order valence-electron chi connectivity index (χ2n) is 9.30. The Morgan fingerprint density at radius 3 is 1.93 bits per heavy atom. The maximum atomic E-state index is 14.3. The highest BCUT2D eigenvalue weighted by atomic mass is 19.4. The molecule has 2 aromatic rings. The van der Waals surface area contributed by atoms with Crippen LogP contribution < -0.4 is 20.9 Å². The van der Waals surface area contributed by atoms with E-state index in [9.17, 15) is 22.8 Å². The van der Waals surface area contributed by atoms with Crippen LogP contribution in [0.15, 0.2) is 12.3 Å². The predicted molar refractivity (Wildman–Crippen MR) is 144 cm³/mol. The molecule has 4 rings (SSSR count). The molecular weight excluding hydrogens is 581 g/mol. The van der Waals surface area contributed by atoms with Crippen molar-refractivity contribution in [2.45, 2.75) is 6.18 Å². The van der Waals surface area contributed by atoms with Crippen LogP contribution in [0, 0.1) is 0 Å². The molecule has 0 aliphatic carbocycles. The molecule has 18 heteroatoms. The maximum Gasteiger partial charge on any atom is 0.417 e. The Hall–Kier alpha value is -3.71. The van der Waals surface area contributed by atoms with Crippen LogP contribution >= 0.6 is 0 Å². The van der Waals surface area contributed by atoms with Gasteiger partial charge in [0.25, 0.3) is 5.91 Å². The summed E-state index contributed by atoms with van der Waals surface area (Å²) >= 11 is 0. The van der Waals surface area contributed by atoms with E-state index in [1.54, 1.807) is 0 Å². The normalized spacial score (nSPS) is 15.9. The van der Waals surface area contributed by atoms with Gasteiger partial charge < -0.3 is 44.5 Å². The van der Waals surface area contributed by atoms with E-state index in [0.29, 0.717) is 52.6 Å². The van der Waals surface area contributed by atoms with E-state index in [0.717, 1.165) is 12.3 Å². The number of alkyl halides is 3. The minimum atomic E-state index is -4.81. The standard InChI is InChI=1S/C25H33F3N8O7/c26-25(27,28)18-13-20(31-21(38)16-43-12-10-41-9-11-42-15-19(29)37)30-14-17(18)22-32-23(35-1-5-39-6-2-35)34-24(33-22)36-3-7-40-8-4-36/h13-14H,1-12,15-16H2,(H2,29,37)(H,30,31,38). The zero-order chi connectivity index (χ0) is 30.7. The van der Waals surface area contributed by atoms with Crippen LogP contribution in [0.5, 0.6) is 0 Å². The molecule has 2 fully saturated rings. The molecule has 2 aliphatic rings. The Bertz CT molecular complexity index is 1190. The van der Waals surface area contributed by atoms with Crippen molar-refractivity contribution in [3.05, 3.63) is 17.8 Å². The van der Waals surface area contributed by atoms with Crippen molar-refractivity contribution >= 4 is 29.5 Å². The number of primary amides is 1. The molecular formula is C25H33F3N8O7. The first-order chi connectivity index (χ1) is 20.7. The number of pyridine rings is 1. The molecule has 0 saturated carbocycles. The molecule has 15 nitrogen and oxygen atoms in total. The van der Waals surface area contributed by atoms with Crippen LogP contribution in [-0.4, -0.2) is 124 Å². The van der Waals surface area contributed by atoms with Crippen molar-refractivity contribution < 1.29 is 46.4 Å². The quantitative estimate of drug-likeness (QED) is 0.274. The highest BCUT2D eigenvalue weighted by Gasteiger charge is 2.36. The number of nitrogens with one attached hydrogen (secondary N) is 1. The van der Waals surface area contributed by atoms with E-state index in [1.165, 1.54) is 0 Å². The largest absolute Gasteiger partial charge is 0.417 e. The third kappa shape index (κ3) is 9.92. The molecule has 43 heavy (non-hydrogen) atoms. The van der Waals surface area contributed by atoms with Gasteiger partial charge in [0.05, 0.1) is 64.0 Å². The predicted octanol–water partition coefficient (Wildman–Crippen LogP) is 0.0992. The topological polar surface area (TPSA) is 176 Å². The van der Waals surface area contributed by atoms with E-state index in [1.807, 2.05) is 9.80 Å². The van der Waals surface area contributed by atoms with E-state index < -0.39 is 30.2 Å². The zero-order valence-electron chi connectivity index (χ0n) is 23.3. The molecule has 0 radical (unpaired) electrons. The van der Waals surface area contributed by atoms with Gasteiger partial charge in [-0.25, -0.2) is 4.98 Å². The Morgan fingerprint density at radius 1 is 0.860 bits per heavy atom. The smallest absolute Gasteiger partial charge is 0.378 e. The van der Waals surface area contributed by atoms with Gasteiger partial charge in [0.2, 0.25) is 17.8 Å². The van der Waals surface area contributed by atoms with E-state index >= 15 is 0 Å². The molecule has 2 saturated heterocycles. The van der Waals surface area contributed by atoms with Crippen molar-refractivity contribution in [2.75, 3.05) is 107 Å². The second-order valence-corrected chi connectivity index (χ2v) is 9.30. The Balaban J connectivity index is 1.44. The SMILES string of the molecule is NC(=O)COCCOCCOCC(=O)Nc1cc(C(F)(F)F)c(-c2nc(N3CCOCC3)nc(N3CCOCC3)n2)cn1. The molecule has 2 amide bonds. The van der Waals surface area contributed by atoms with E-state index in [2.05, 4.69) is 25.3 Å². The van der Waals surface area contributed by atoms with Crippen molar-refractivity contribution in [3.63, 3.8) is 0 Å². The fourth-order valence-corrected chi connectivity index (χ4v) is 4.07. The molecule has 4 heterocycles. The van der Waals surface area contributed by atoms with Crippen molar-refractivity contribution in [1.29, 1.82) is 0 Å². The monoisotopic (exact) mass is 614 g/mol. The zero-order valence-corrected chi connectivity index (χ0v) is 23.3. The van der Waals surface area contributed by atoms with Gasteiger partial charge in [0, 0.05) is 32.4 Å². The number of carbonyl (C=O) groups excluding carboxylic acids is 2. The molecule has 3 N–H and O–H groups in total. The van der Waals surface area contributed by atoms with Crippen LogP contribution in [0.25, 0.3) is 11.4 Å². The van der Waals surface area contributed by atoms with Crippen molar-refractivity contribution in [1.82, 2.24) is 19.9 Å². The highest BCUT2D eigenvalue weighted by Crippen LogP contribution is 2.37. The average molecular weight is 615 g/mol. The van der Waals surface area contributed by atoms with Gasteiger partial charge in [-0.3, -0.25) is 9.59 Å². The number of rotatable bonds is 14. The Labute approximate surface area is 244 Å². The number of halogens is 3. The summed E-state index contributed by atoms with van der Waals surface area (Å²) in [5.74, 6) is -1.34. The van der Waals surface area contributed by atoms with Crippen molar-refractivity contribution in [2.24, 2.45) is 5.73 Å². The summed E-state index contributed by atoms with van der Waals surface area (Å²) in [7, 11) is 0. The van der Waals surface area contributed by atoms with Gasteiger partial charge in [-0.1, -0.05) is 0 Å². The number of nitrogens with zero attached hydrogens (tertiary/aromatic N) is 6. The number of aromatic nitrogens is 4. The lowest BCUT2D eigenvalue weighted by Crippen LogP contribution is -2.40. The number of carbonyl (C=O) groups is 2. The third-order valence-corrected chi connectivity index (χ3v) is 6.14. The molecule has 236 valence electrons. The van der Waals surface area contributed by atoms with Crippen LogP contribution in [0.2, 0.25) is 0 Å². The summed E-state index contributed by atoms with van der Waals surface area (Å²) in [6.07, 6.45) is -3.83. The van der Waals surface area contributed by atoms with E-state index in [-0.39, 0.29) is 62.1 Å². The first kappa shape index (κ1) is 32.2. The Morgan fingerprint density at radius 2 is 1.40 bits per heavy atom. The maximum absolute atomic E-state index is 14.3. The summed E-state index contributed by atoms with van der Waals surface area (Å²) in [5.41, 5.74) is 3.51. The Kier molecular flexibility index (Phi) is 11.7. The van der Waals surface area contributed by atoms with Gasteiger partial charge in [0.15, 0.2) is 5.82 Å². The van der Waals surface area contributed by atoms with Gasteiger partial charge in [-0.15, -0.1) is 0 Å². The lowest BCUT2D eigenvalue weighted by Gasteiger charge is -2.30. The number of amides is 2. The summed E-state index contributed by atoms with van der Waals surface area (Å²) in [4.78, 5) is 43.8. The fourth-order valence-electron chi connectivity index (χ4n) is 4.07. The molecule has 2 aliphatic heterocycles. The number of anilines is 3. The minimum Gasteiger partial charge on any atom is -0.378 e. The van der Waals surface area contributed by atoms with E-state index in [4.69, 9.17) is 29.4 Å². The fraction of sp³-hybridized carbons (Fsp3) is 0.600. The number of morpholine rings is 2. The third-order valence-electron chi connectivity index (χ3n) is 6.14. The average Bonchev–Trinajstić information content (AvgIpc) is 3.00. The van der Waals surface area contributed by atoms with Crippen molar-refractivity contribution in [3.8, 4) is 11.4 Å². The number of hydrogen-bond acceptors (Lipinski definition) is 13. The van der Waals surface area contributed by atoms with Crippen LogP contribution in [0.3, 0.4) is 0 Å². The molecule has 2 aromatic heterocycles. The summed E-state index contributed by atoms with van der Waals surface area (Å²) in [5, 5.41) is 2.31. The van der Waals surface area contributed by atoms with Gasteiger partial charge in [-0.2, -0.15) is 28.1 Å². The molecule has 0 unspecified atom stereocenters. The molecule has 0 bridgehead atoms. The summed E-state index contributed by atoms with van der Waals surface area (Å²) < 4.78 is 68.9. The number of hydrogen-bond donors (Lipinski definition) is 2. The highest BCUT2D eigenvalue weighted by molar-refractivity contribution is 5.91. The number of ether oxygens (including phenoxy) is 5. The lowest BCUT2D eigenvalue weighted by molar-refractivity contribution is -0.137. The molecule has 0 spiro atoms. The van der Waals surface area contributed by atoms with Crippen LogP contribution in [0.1, 0.15) is 5.56 Å². The van der Waals surface area contributed by atoms with Gasteiger partial charge in [0.1, 0.15) is 19.0 Å².